The number of aromatic nitrogens is 1. The van der Waals surface area contributed by atoms with Crippen LogP contribution >= 0.6 is 0 Å². The van der Waals surface area contributed by atoms with E-state index in [1.165, 1.54) is 6.20 Å². The molecule has 1 aromatic heterocycles. The quantitative estimate of drug-likeness (QED) is 0.660. The molecule has 1 heterocycles. The van der Waals surface area contributed by atoms with Gasteiger partial charge in [0.2, 0.25) is 5.95 Å². The summed E-state index contributed by atoms with van der Waals surface area (Å²) in [5.41, 5.74) is 1.73. The van der Waals surface area contributed by atoms with Crippen molar-refractivity contribution in [2.45, 2.75) is 0 Å². The van der Waals surface area contributed by atoms with Gasteiger partial charge >= 0.3 is 0 Å². The fourth-order valence-electron chi connectivity index (χ4n) is 1.33. The van der Waals surface area contributed by atoms with Crippen molar-refractivity contribution in [2.24, 2.45) is 0 Å². The van der Waals surface area contributed by atoms with Gasteiger partial charge in [0.25, 0.3) is 0 Å². The Morgan fingerprint density at radius 1 is 1.13 bits per heavy atom. The molecule has 3 heteroatoms. The van der Waals surface area contributed by atoms with Crippen LogP contribution in [0.2, 0.25) is 0 Å². The number of benzene rings is 1. The SMILES string of the molecule is N#Cc1ccc(-c2cccnc2F)cc1. The Labute approximate surface area is 86.6 Å². The van der Waals surface area contributed by atoms with Crippen LogP contribution in [0.1, 0.15) is 5.56 Å². The number of hydrogen-bond donors (Lipinski definition) is 0. The first-order valence-corrected chi connectivity index (χ1v) is 4.42. The van der Waals surface area contributed by atoms with Gasteiger partial charge in [0.05, 0.1) is 11.6 Å². The third-order valence-corrected chi connectivity index (χ3v) is 2.08. The number of halogens is 1. The van der Waals surface area contributed by atoms with Gasteiger partial charge in [-0.3, -0.25) is 0 Å². The molecule has 1 aromatic carbocycles. The minimum atomic E-state index is -0.498. The van der Waals surface area contributed by atoms with Gasteiger partial charge in [-0.15, -0.1) is 0 Å². The van der Waals surface area contributed by atoms with E-state index in [1.54, 1.807) is 36.4 Å². The van der Waals surface area contributed by atoms with Crippen molar-refractivity contribution in [3.05, 3.63) is 54.1 Å². The first-order valence-electron chi connectivity index (χ1n) is 4.42. The second-order valence-corrected chi connectivity index (χ2v) is 3.03. The summed E-state index contributed by atoms with van der Waals surface area (Å²) in [6.45, 7) is 0. The van der Waals surface area contributed by atoms with Gasteiger partial charge < -0.3 is 0 Å². The summed E-state index contributed by atoms with van der Waals surface area (Å²) in [5.74, 6) is -0.498. The van der Waals surface area contributed by atoms with Gasteiger partial charge in [0.1, 0.15) is 0 Å². The van der Waals surface area contributed by atoms with E-state index in [0.29, 0.717) is 11.1 Å². The lowest BCUT2D eigenvalue weighted by Crippen LogP contribution is -1.87. The molecule has 0 fully saturated rings. The Morgan fingerprint density at radius 2 is 1.87 bits per heavy atom. The molecule has 0 atom stereocenters. The molecule has 15 heavy (non-hydrogen) atoms. The minimum absolute atomic E-state index is 0.446. The molecule has 0 radical (unpaired) electrons. The van der Waals surface area contributed by atoms with Crippen LogP contribution in [0.4, 0.5) is 4.39 Å². The fraction of sp³-hybridized carbons (Fsp3) is 0. The van der Waals surface area contributed by atoms with Crippen molar-refractivity contribution in [3.63, 3.8) is 0 Å². The van der Waals surface area contributed by atoms with Crippen molar-refractivity contribution in [1.82, 2.24) is 4.98 Å². The van der Waals surface area contributed by atoms with Crippen LogP contribution < -0.4 is 0 Å². The monoisotopic (exact) mass is 198 g/mol. The van der Waals surface area contributed by atoms with Crippen molar-refractivity contribution in [1.29, 1.82) is 5.26 Å². The molecule has 0 spiro atoms. The molecule has 0 bridgehead atoms. The van der Waals surface area contributed by atoms with Crippen molar-refractivity contribution in [3.8, 4) is 17.2 Å². The molecule has 0 saturated carbocycles. The molecular weight excluding hydrogens is 191 g/mol. The number of pyridine rings is 1. The van der Waals surface area contributed by atoms with Crippen molar-refractivity contribution < 1.29 is 4.39 Å². The van der Waals surface area contributed by atoms with Gasteiger partial charge in [-0.25, -0.2) is 4.98 Å². The molecule has 0 aliphatic carbocycles. The second kappa shape index (κ2) is 3.89. The summed E-state index contributed by atoms with van der Waals surface area (Å²) < 4.78 is 13.3. The van der Waals surface area contributed by atoms with E-state index in [0.717, 1.165) is 5.56 Å². The summed E-state index contributed by atoms with van der Waals surface area (Å²) in [6, 6.07) is 12.1. The van der Waals surface area contributed by atoms with E-state index in [-0.39, 0.29) is 0 Å². The molecule has 0 N–H and O–H groups in total. The van der Waals surface area contributed by atoms with Gasteiger partial charge in [0, 0.05) is 11.8 Å². The third-order valence-electron chi connectivity index (χ3n) is 2.08. The van der Waals surface area contributed by atoms with Crippen LogP contribution in [0, 0.1) is 17.3 Å². The first-order chi connectivity index (χ1) is 7.31. The Hall–Kier alpha value is -2.21. The Morgan fingerprint density at radius 3 is 2.47 bits per heavy atom. The molecule has 0 unspecified atom stereocenters. The molecule has 0 aliphatic rings. The van der Waals surface area contributed by atoms with Crippen LogP contribution in [-0.2, 0) is 0 Å². The van der Waals surface area contributed by atoms with Crippen LogP contribution in [0.3, 0.4) is 0 Å². The number of hydrogen-bond acceptors (Lipinski definition) is 2. The minimum Gasteiger partial charge on any atom is -0.228 e. The summed E-state index contributed by atoms with van der Waals surface area (Å²) >= 11 is 0. The first kappa shape index (κ1) is 9.35. The lowest BCUT2D eigenvalue weighted by atomic mass is 10.1. The highest BCUT2D eigenvalue weighted by Crippen LogP contribution is 2.21. The summed E-state index contributed by atoms with van der Waals surface area (Å²) in [7, 11) is 0. The highest BCUT2D eigenvalue weighted by Gasteiger charge is 2.04. The zero-order valence-electron chi connectivity index (χ0n) is 7.81. The zero-order chi connectivity index (χ0) is 10.7. The molecule has 0 amide bonds. The maximum Gasteiger partial charge on any atom is 0.220 e. The third kappa shape index (κ3) is 1.84. The molecule has 72 valence electrons. The van der Waals surface area contributed by atoms with Crippen LogP contribution in [-0.4, -0.2) is 4.98 Å². The summed E-state index contributed by atoms with van der Waals surface area (Å²) in [4.78, 5) is 3.57. The number of rotatable bonds is 1. The molecule has 0 aliphatic heterocycles. The normalized spacial score (nSPS) is 9.60. The predicted molar refractivity (Wildman–Crippen MR) is 54.3 cm³/mol. The van der Waals surface area contributed by atoms with Crippen LogP contribution in [0.15, 0.2) is 42.6 Å². The van der Waals surface area contributed by atoms with Crippen LogP contribution in [0.25, 0.3) is 11.1 Å². The van der Waals surface area contributed by atoms with E-state index in [2.05, 4.69) is 4.98 Å². The van der Waals surface area contributed by atoms with E-state index in [9.17, 15) is 4.39 Å². The zero-order valence-corrected chi connectivity index (χ0v) is 7.81. The van der Waals surface area contributed by atoms with Crippen LogP contribution in [0.5, 0.6) is 0 Å². The molecule has 0 saturated heterocycles. The van der Waals surface area contributed by atoms with Crippen molar-refractivity contribution in [2.75, 3.05) is 0 Å². The van der Waals surface area contributed by atoms with Crippen molar-refractivity contribution >= 4 is 0 Å². The molecule has 2 nitrogen and oxygen atoms in total. The maximum atomic E-state index is 13.3. The van der Waals surface area contributed by atoms with E-state index < -0.39 is 5.95 Å². The summed E-state index contributed by atoms with van der Waals surface area (Å²) in [5, 5.41) is 8.62. The fourth-order valence-corrected chi connectivity index (χ4v) is 1.33. The highest BCUT2D eigenvalue weighted by atomic mass is 19.1. The Bertz CT molecular complexity index is 512. The largest absolute Gasteiger partial charge is 0.228 e. The second-order valence-electron chi connectivity index (χ2n) is 3.03. The van der Waals surface area contributed by atoms with Gasteiger partial charge in [0.15, 0.2) is 0 Å². The smallest absolute Gasteiger partial charge is 0.220 e. The number of nitriles is 1. The molecule has 2 aromatic rings. The Balaban J connectivity index is 2.47. The molecular formula is C12H7FN2. The van der Waals surface area contributed by atoms with E-state index in [1.807, 2.05) is 6.07 Å². The van der Waals surface area contributed by atoms with E-state index in [4.69, 9.17) is 5.26 Å². The number of nitrogens with zero attached hydrogens (tertiary/aromatic N) is 2. The van der Waals surface area contributed by atoms with Gasteiger partial charge in [-0.05, 0) is 29.8 Å². The lowest BCUT2D eigenvalue weighted by molar-refractivity contribution is 0.587. The average molecular weight is 198 g/mol. The Kier molecular flexibility index (Phi) is 2.42. The highest BCUT2D eigenvalue weighted by molar-refractivity contribution is 5.63. The van der Waals surface area contributed by atoms with E-state index >= 15 is 0 Å². The van der Waals surface area contributed by atoms with Gasteiger partial charge in [-0.2, -0.15) is 9.65 Å². The standard InChI is InChI=1S/C12H7FN2/c13-12-11(2-1-7-15-12)10-5-3-9(8-14)4-6-10/h1-7H. The lowest BCUT2D eigenvalue weighted by Gasteiger charge is -2.01. The molecule has 2 rings (SSSR count). The summed E-state index contributed by atoms with van der Waals surface area (Å²) in [6.07, 6.45) is 1.41. The maximum absolute atomic E-state index is 13.3. The predicted octanol–water partition coefficient (Wildman–Crippen LogP) is 2.76. The topological polar surface area (TPSA) is 36.7 Å². The van der Waals surface area contributed by atoms with Gasteiger partial charge in [-0.1, -0.05) is 12.1 Å². The average Bonchev–Trinajstić information content (AvgIpc) is 2.30.